The Hall–Kier alpha value is -0.910. The second-order valence-electron chi connectivity index (χ2n) is 4.72. The summed E-state index contributed by atoms with van der Waals surface area (Å²) in [6.45, 7) is 8.53. The molecule has 0 aliphatic rings. The molecule has 0 aliphatic heterocycles. The predicted molar refractivity (Wildman–Crippen MR) is 73.7 cm³/mol. The van der Waals surface area contributed by atoms with Gasteiger partial charge >= 0.3 is 0 Å². The molecule has 1 atom stereocenters. The van der Waals surface area contributed by atoms with Crippen molar-refractivity contribution in [2.75, 3.05) is 40.4 Å². The fourth-order valence-electron chi connectivity index (χ4n) is 1.59. The Labute approximate surface area is 110 Å². The molecular formula is C13H26N4O. The number of nitrogens with one attached hydrogen (secondary N) is 1. The van der Waals surface area contributed by atoms with Crippen molar-refractivity contribution in [2.24, 2.45) is 0 Å². The van der Waals surface area contributed by atoms with Crippen LogP contribution in [-0.4, -0.2) is 55.1 Å². The third kappa shape index (κ3) is 5.62. The Morgan fingerprint density at radius 2 is 2.22 bits per heavy atom. The monoisotopic (exact) mass is 254 g/mol. The van der Waals surface area contributed by atoms with Crippen molar-refractivity contribution in [3.05, 3.63) is 18.0 Å². The fraction of sp³-hybridized carbons (Fsp3) is 0.769. The molecule has 1 heterocycles. The molecule has 1 rings (SSSR count). The Bertz CT molecular complexity index is 325. The maximum absolute atomic E-state index is 5.53. The average molecular weight is 254 g/mol. The summed E-state index contributed by atoms with van der Waals surface area (Å²) < 4.78 is 7.48. The molecule has 0 radical (unpaired) electrons. The summed E-state index contributed by atoms with van der Waals surface area (Å²) in [5, 5.41) is 7.71. The molecule has 0 fully saturated rings. The van der Waals surface area contributed by atoms with E-state index in [0.29, 0.717) is 6.04 Å². The van der Waals surface area contributed by atoms with Crippen molar-refractivity contribution < 1.29 is 4.74 Å². The van der Waals surface area contributed by atoms with Gasteiger partial charge in [-0.3, -0.25) is 4.68 Å². The first-order valence-electron chi connectivity index (χ1n) is 6.61. The van der Waals surface area contributed by atoms with E-state index in [0.717, 1.165) is 32.8 Å². The molecule has 1 aromatic heterocycles. The van der Waals surface area contributed by atoms with Gasteiger partial charge in [-0.05, 0) is 27.9 Å². The maximum atomic E-state index is 5.53. The molecule has 0 aromatic carbocycles. The van der Waals surface area contributed by atoms with E-state index >= 15 is 0 Å². The van der Waals surface area contributed by atoms with Crippen molar-refractivity contribution >= 4 is 0 Å². The predicted octanol–water partition coefficient (Wildman–Crippen LogP) is 1.13. The molecule has 18 heavy (non-hydrogen) atoms. The molecule has 0 bridgehead atoms. The number of hydrogen-bond donors (Lipinski definition) is 1. The summed E-state index contributed by atoms with van der Waals surface area (Å²) in [7, 11) is 4.10. The third-order valence-electron chi connectivity index (χ3n) is 2.86. The lowest BCUT2D eigenvalue weighted by Gasteiger charge is -2.13. The first kappa shape index (κ1) is 15.1. The summed E-state index contributed by atoms with van der Waals surface area (Å²) in [4.78, 5) is 2.12. The molecule has 104 valence electrons. The smallest absolute Gasteiger partial charge is 0.0593 e. The summed E-state index contributed by atoms with van der Waals surface area (Å²) in [6.07, 6.45) is 4.01. The topological polar surface area (TPSA) is 42.3 Å². The Balaban J connectivity index is 2.11. The third-order valence-corrected chi connectivity index (χ3v) is 2.86. The molecular weight excluding hydrogens is 228 g/mol. The highest BCUT2D eigenvalue weighted by molar-refractivity contribution is 5.08. The normalized spacial score (nSPS) is 13.2. The van der Waals surface area contributed by atoms with E-state index in [2.05, 4.69) is 49.5 Å². The van der Waals surface area contributed by atoms with Gasteiger partial charge in [0, 0.05) is 37.4 Å². The van der Waals surface area contributed by atoms with Crippen molar-refractivity contribution in [3.63, 3.8) is 0 Å². The largest absolute Gasteiger partial charge is 0.379 e. The molecule has 5 heteroatoms. The lowest BCUT2D eigenvalue weighted by atomic mass is 10.2. The lowest BCUT2D eigenvalue weighted by molar-refractivity contribution is 0.118. The van der Waals surface area contributed by atoms with Crippen molar-refractivity contribution in [1.29, 1.82) is 0 Å². The minimum atomic E-state index is 0.322. The quantitative estimate of drug-likeness (QED) is 0.671. The van der Waals surface area contributed by atoms with E-state index < -0.39 is 0 Å². The Morgan fingerprint density at radius 1 is 1.44 bits per heavy atom. The minimum Gasteiger partial charge on any atom is -0.379 e. The van der Waals surface area contributed by atoms with Gasteiger partial charge in [-0.2, -0.15) is 5.10 Å². The van der Waals surface area contributed by atoms with Crippen LogP contribution in [0.2, 0.25) is 0 Å². The summed E-state index contributed by atoms with van der Waals surface area (Å²) in [6, 6.07) is 0.322. The highest BCUT2D eigenvalue weighted by Crippen LogP contribution is 2.10. The first-order valence-corrected chi connectivity index (χ1v) is 6.61. The van der Waals surface area contributed by atoms with E-state index in [-0.39, 0.29) is 0 Å². The number of rotatable bonds is 9. The lowest BCUT2D eigenvalue weighted by Crippen LogP contribution is -2.25. The molecule has 0 spiro atoms. The first-order chi connectivity index (χ1) is 8.63. The zero-order valence-electron chi connectivity index (χ0n) is 12.0. The van der Waals surface area contributed by atoms with Crippen LogP contribution >= 0.6 is 0 Å². The Morgan fingerprint density at radius 3 is 2.83 bits per heavy atom. The number of hydrogen-bond acceptors (Lipinski definition) is 4. The van der Waals surface area contributed by atoms with Crippen LogP contribution in [0, 0.1) is 0 Å². The van der Waals surface area contributed by atoms with Crippen LogP contribution in [0.1, 0.15) is 25.5 Å². The standard InChI is InChI=1S/C13H26N4O/c1-5-17-11-13(10-15-17)12(2)14-6-8-18-9-7-16(3)4/h10-12,14H,5-9H2,1-4H3. The fourth-order valence-corrected chi connectivity index (χ4v) is 1.59. The molecule has 5 nitrogen and oxygen atoms in total. The molecule has 1 N–H and O–H groups in total. The van der Waals surface area contributed by atoms with Gasteiger partial charge in [-0.15, -0.1) is 0 Å². The van der Waals surface area contributed by atoms with Gasteiger partial charge in [0.1, 0.15) is 0 Å². The highest BCUT2D eigenvalue weighted by atomic mass is 16.5. The van der Waals surface area contributed by atoms with Crippen molar-refractivity contribution in [2.45, 2.75) is 26.4 Å². The second kappa shape index (κ2) is 8.24. The van der Waals surface area contributed by atoms with Crippen LogP contribution in [-0.2, 0) is 11.3 Å². The van der Waals surface area contributed by atoms with Gasteiger partial charge in [0.15, 0.2) is 0 Å². The molecule has 1 aromatic rings. The van der Waals surface area contributed by atoms with Crippen LogP contribution in [0.25, 0.3) is 0 Å². The Kier molecular flexibility index (Phi) is 6.93. The summed E-state index contributed by atoms with van der Waals surface area (Å²) >= 11 is 0. The molecule has 1 unspecified atom stereocenters. The number of aryl methyl sites for hydroxylation is 1. The van der Waals surface area contributed by atoms with Crippen LogP contribution in [0.15, 0.2) is 12.4 Å². The van der Waals surface area contributed by atoms with Crippen LogP contribution in [0.4, 0.5) is 0 Å². The van der Waals surface area contributed by atoms with Gasteiger partial charge in [-0.1, -0.05) is 0 Å². The molecule has 0 amide bonds. The summed E-state index contributed by atoms with van der Waals surface area (Å²) in [5.74, 6) is 0. The van der Waals surface area contributed by atoms with Gasteiger partial charge < -0.3 is 15.0 Å². The summed E-state index contributed by atoms with van der Waals surface area (Å²) in [5.41, 5.74) is 1.23. The van der Waals surface area contributed by atoms with Gasteiger partial charge in [0.25, 0.3) is 0 Å². The van der Waals surface area contributed by atoms with E-state index in [1.54, 1.807) is 0 Å². The van der Waals surface area contributed by atoms with E-state index in [4.69, 9.17) is 4.74 Å². The van der Waals surface area contributed by atoms with Gasteiger partial charge in [0.2, 0.25) is 0 Å². The van der Waals surface area contributed by atoms with E-state index in [9.17, 15) is 0 Å². The maximum Gasteiger partial charge on any atom is 0.0593 e. The van der Waals surface area contributed by atoms with E-state index in [1.165, 1.54) is 5.56 Å². The van der Waals surface area contributed by atoms with Crippen LogP contribution in [0.3, 0.4) is 0 Å². The number of aromatic nitrogens is 2. The zero-order chi connectivity index (χ0) is 13.4. The van der Waals surface area contributed by atoms with Gasteiger partial charge in [-0.25, -0.2) is 0 Å². The van der Waals surface area contributed by atoms with Gasteiger partial charge in [0.05, 0.1) is 19.4 Å². The average Bonchev–Trinajstić information content (AvgIpc) is 2.81. The highest BCUT2D eigenvalue weighted by Gasteiger charge is 2.06. The molecule has 0 saturated carbocycles. The van der Waals surface area contributed by atoms with Crippen LogP contribution in [0.5, 0.6) is 0 Å². The molecule has 0 aliphatic carbocycles. The number of nitrogens with zero attached hydrogens (tertiary/aromatic N) is 3. The van der Waals surface area contributed by atoms with Crippen LogP contribution < -0.4 is 5.32 Å². The second-order valence-corrected chi connectivity index (χ2v) is 4.72. The molecule has 0 saturated heterocycles. The minimum absolute atomic E-state index is 0.322. The van der Waals surface area contributed by atoms with Crippen molar-refractivity contribution in [1.82, 2.24) is 20.0 Å². The zero-order valence-corrected chi connectivity index (χ0v) is 12.0. The van der Waals surface area contributed by atoms with E-state index in [1.807, 2.05) is 10.9 Å². The number of likely N-dealkylation sites (N-methyl/N-ethyl adjacent to an activating group) is 1. The number of ether oxygens (including phenoxy) is 1. The van der Waals surface area contributed by atoms with Crippen molar-refractivity contribution in [3.8, 4) is 0 Å². The SMILES string of the molecule is CCn1cc(C(C)NCCOCCN(C)C)cn1.